The van der Waals surface area contributed by atoms with Crippen molar-refractivity contribution < 1.29 is 0 Å². The molecule has 0 aliphatic rings. The first kappa shape index (κ1) is 27.2. The van der Waals surface area contributed by atoms with Crippen LogP contribution in [0.4, 0.5) is 0 Å². The average Bonchev–Trinajstić information content (AvgIpc) is 2.53. The number of hydrogen-bond acceptors (Lipinski definition) is 4. The standard InChI is InChI=1S/C23H51N3S/c1-17(2)24(18(3)4)15-16-25(19(5)6)21(9)13-14-23(11,12)22(10)26(27)20(7)8/h17-22,27H,13-16H2,1-12H3. The molecule has 0 aromatic heterocycles. The van der Waals surface area contributed by atoms with E-state index < -0.39 is 0 Å². The van der Waals surface area contributed by atoms with Crippen LogP contribution in [0.25, 0.3) is 0 Å². The Morgan fingerprint density at radius 2 is 1.07 bits per heavy atom. The second kappa shape index (κ2) is 12.0. The Morgan fingerprint density at radius 1 is 0.667 bits per heavy atom. The molecular weight excluding hydrogens is 350 g/mol. The minimum atomic E-state index is 0.255. The zero-order valence-corrected chi connectivity index (χ0v) is 21.5. The average molecular weight is 402 g/mol. The van der Waals surface area contributed by atoms with Gasteiger partial charge in [-0.1, -0.05) is 26.7 Å². The molecule has 0 aromatic carbocycles. The number of hydrogen-bond donors (Lipinski definition) is 1. The minimum absolute atomic E-state index is 0.255. The van der Waals surface area contributed by atoms with Crippen molar-refractivity contribution in [3.8, 4) is 0 Å². The number of rotatable bonds is 13. The van der Waals surface area contributed by atoms with Crippen LogP contribution in [0.2, 0.25) is 0 Å². The van der Waals surface area contributed by atoms with Crippen LogP contribution in [0.15, 0.2) is 0 Å². The van der Waals surface area contributed by atoms with Gasteiger partial charge in [-0.2, -0.15) is 0 Å². The summed E-state index contributed by atoms with van der Waals surface area (Å²) in [4.78, 5) is 5.30. The summed E-state index contributed by atoms with van der Waals surface area (Å²) in [6.45, 7) is 30.2. The molecule has 0 saturated carbocycles. The molecule has 0 aliphatic carbocycles. The van der Waals surface area contributed by atoms with E-state index in [9.17, 15) is 0 Å². The second-order valence-corrected chi connectivity index (χ2v) is 10.7. The molecule has 2 unspecified atom stereocenters. The van der Waals surface area contributed by atoms with Gasteiger partial charge in [-0.05, 0) is 87.5 Å². The first-order valence-electron chi connectivity index (χ1n) is 11.2. The molecule has 0 spiro atoms. The summed E-state index contributed by atoms with van der Waals surface area (Å²) in [5.41, 5.74) is 0.255. The monoisotopic (exact) mass is 401 g/mol. The molecule has 0 bridgehead atoms. The van der Waals surface area contributed by atoms with E-state index in [1.807, 2.05) is 0 Å². The molecule has 0 saturated heterocycles. The fourth-order valence-electron chi connectivity index (χ4n) is 4.09. The normalized spacial score (nSPS) is 16.0. The number of nitrogens with zero attached hydrogens (tertiary/aromatic N) is 3. The molecule has 4 heteroatoms. The molecule has 0 fully saturated rings. The van der Waals surface area contributed by atoms with Gasteiger partial charge in [0.15, 0.2) is 0 Å². The van der Waals surface area contributed by atoms with E-state index in [4.69, 9.17) is 12.8 Å². The molecule has 0 heterocycles. The van der Waals surface area contributed by atoms with Crippen molar-refractivity contribution in [3.63, 3.8) is 0 Å². The maximum absolute atomic E-state index is 4.74. The quantitative estimate of drug-likeness (QED) is 0.382. The zero-order chi connectivity index (χ0) is 21.5. The summed E-state index contributed by atoms with van der Waals surface area (Å²) in [7, 11) is 0. The summed E-state index contributed by atoms with van der Waals surface area (Å²) in [5, 5.41) is 0. The first-order chi connectivity index (χ1) is 12.2. The van der Waals surface area contributed by atoms with Crippen LogP contribution in [0.3, 0.4) is 0 Å². The van der Waals surface area contributed by atoms with Crippen molar-refractivity contribution in [1.29, 1.82) is 0 Å². The Balaban J connectivity index is 4.87. The summed E-state index contributed by atoms with van der Waals surface area (Å²) < 4.78 is 2.22. The third kappa shape index (κ3) is 9.06. The lowest BCUT2D eigenvalue weighted by molar-refractivity contribution is 0.0877. The minimum Gasteiger partial charge on any atom is -0.297 e. The van der Waals surface area contributed by atoms with Gasteiger partial charge >= 0.3 is 0 Å². The Morgan fingerprint density at radius 3 is 1.44 bits per heavy atom. The Bertz CT molecular complexity index is 385. The van der Waals surface area contributed by atoms with E-state index >= 15 is 0 Å². The first-order valence-corrected chi connectivity index (χ1v) is 11.6. The van der Waals surface area contributed by atoms with Gasteiger partial charge in [-0.15, -0.1) is 0 Å². The van der Waals surface area contributed by atoms with E-state index in [1.165, 1.54) is 12.8 Å². The molecule has 164 valence electrons. The fraction of sp³-hybridized carbons (Fsp3) is 1.00. The van der Waals surface area contributed by atoms with E-state index in [-0.39, 0.29) is 5.41 Å². The van der Waals surface area contributed by atoms with Crippen LogP contribution < -0.4 is 0 Å². The predicted molar refractivity (Wildman–Crippen MR) is 127 cm³/mol. The van der Waals surface area contributed by atoms with Gasteiger partial charge in [0.1, 0.15) is 0 Å². The topological polar surface area (TPSA) is 9.72 Å². The maximum Gasteiger partial charge on any atom is 0.0225 e. The third-order valence-electron chi connectivity index (χ3n) is 6.44. The van der Waals surface area contributed by atoms with Gasteiger partial charge in [-0.3, -0.25) is 9.80 Å². The molecule has 0 N–H and O–H groups in total. The summed E-state index contributed by atoms with van der Waals surface area (Å²) >= 11 is 4.74. The van der Waals surface area contributed by atoms with Crippen molar-refractivity contribution in [2.45, 2.75) is 132 Å². The molecule has 27 heavy (non-hydrogen) atoms. The van der Waals surface area contributed by atoms with Gasteiger partial charge < -0.3 is 0 Å². The van der Waals surface area contributed by atoms with Gasteiger partial charge in [0, 0.05) is 49.3 Å². The maximum atomic E-state index is 4.74. The van der Waals surface area contributed by atoms with Crippen molar-refractivity contribution in [1.82, 2.24) is 14.1 Å². The van der Waals surface area contributed by atoms with Crippen molar-refractivity contribution in [3.05, 3.63) is 0 Å². The SMILES string of the molecule is CC(C)N(S)C(C)C(C)(C)CCC(C)N(CCN(C(C)C)C(C)C)C(C)C. The Labute approximate surface area is 177 Å². The predicted octanol–water partition coefficient (Wildman–Crippen LogP) is 5.95. The van der Waals surface area contributed by atoms with Crippen LogP contribution in [0.5, 0.6) is 0 Å². The summed E-state index contributed by atoms with van der Waals surface area (Å²) in [6.07, 6.45) is 2.46. The Hall–Kier alpha value is 0.230. The molecule has 3 nitrogen and oxygen atoms in total. The summed E-state index contributed by atoms with van der Waals surface area (Å²) in [6, 6.07) is 3.31. The highest BCUT2D eigenvalue weighted by atomic mass is 32.1. The van der Waals surface area contributed by atoms with Crippen LogP contribution in [0.1, 0.15) is 95.9 Å². The largest absolute Gasteiger partial charge is 0.297 e. The highest BCUT2D eigenvalue weighted by molar-refractivity contribution is 7.77. The molecule has 0 radical (unpaired) electrons. The van der Waals surface area contributed by atoms with Gasteiger partial charge in [-0.25, -0.2) is 4.31 Å². The van der Waals surface area contributed by atoms with Gasteiger partial charge in [0.05, 0.1) is 0 Å². The lowest BCUT2D eigenvalue weighted by Gasteiger charge is -2.41. The molecule has 0 amide bonds. The lowest BCUT2D eigenvalue weighted by atomic mass is 9.79. The van der Waals surface area contributed by atoms with E-state index in [0.29, 0.717) is 36.3 Å². The fourth-order valence-corrected chi connectivity index (χ4v) is 4.40. The smallest absolute Gasteiger partial charge is 0.0225 e. The van der Waals surface area contributed by atoms with Gasteiger partial charge in [0.2, 0.25) is 0 Å². The zero-order valence-electron chi connectivity index (χ0n) is 20.6. The molecular formula is C23H51N3S. The third-order valence-corrected chi connectivity index (χ3v) is 7.24. The van der Waals surface area contributed by atoms with Crippen molar-refractivity contribution in [2.75, 3.05) is 13.1 Å². The molecule has 0 aliphatic heterocycles. The van der Waals surface area contributed by atoms with E-state index in [2.05, 4.69) is 97.2 Å². The van der Waals surface area contributed by atoms with Gasteiger partial charge in [0.25, 0.3) is 0 Å². The highest BCUT2D eigenvalue weighted by Gasteiger charge is 2.31. The molecule has 0 rings (SSSR count). The van der Waals surface area contributed by atoms with Crippen LogP contribution >= 0.6 is 12.8 Å². The van der Waals surface area contributed by atoms with E-state index in [1.54, 1.807) is 0 Å². The van der Waals surface area contributed by atoms with Crippen LogP contribution in [0, 0.1) is 5.41 Å². The summed E-state index contributed by atoms with van der Waals surface area (Å²) in [5.74, 6) is 0. The lowest BCUT2D eigenvalue weighted by Crippen LogP contribution is -2.47. The molecule has 2 atom stereocenters. The van der Waals surface area contributed by atoms with Crippen molar-refractivity contribution in [2.24, 2.45) is 5.41 Å². The van der Waals surface area contributed by atoms with Crippen molar-refractivity contribution >= 4 is 12.8 Å². The molecule has 0 aromatic rings. The Kier molecular flexibility index (Phi) is 12.1. The van der Waals surface area contributed by atoms with Crippen LogP contribution in [-0.4, -0.2) is 63.4 Å². The van der Waals surface area contributed by atoms with Crippen LogP contribution in [-0.2, 0) is 0 Å². The second-order valence-electron chi connectivity index (χ2n) is 10.3. The van der Waals surface area contributed by atoms with E-state index in [0.717, 1.165) is 13.1 Å². The highest BCUT2D eigenvalue weighted by Crippen LogP contribution is 2.33. The number of thiol groups is 1.